The fourth-order valence-corrected chi connectivity index (χ4v) is 4.60. The zero-order valence-corrected chi connectivity index (χ0v) is 18.1. The van der Waals surface area contributed by atoms with E-state index in [-0.39, 0.29) is 32.4 Å². The Hall–Kier alpha value is -2.82. The Morgan fingerprint density at radius 2 is 1.97 bits per heavy atom. The Labute approximate surface area is 182 Å². The number of hydrogen-bond acceptors (Lipinski definition) is 8. The minimum Gasteiger partial charge on any atom is -0.495 e. The maximum absolute atomic E-state index is 12.7. The minimum absolute atomic E-state index is 0.00608. The van der Waals surface area contributed by atoms with E-state index in [9.17, 15) is 13.2 Å². The number of sulfone groups is 1. The van der Waals surface area contributed by atoms with Gasteiger partial charge in [-0.3, -0.25) is 4.79 Å². The predicted molar refractivity (Wildman–Crippen MR) is 116 cm³/mol. The second-order valence-corrected chi connectivity index (χ2v) is 9.17. The SMILES string of the molecule is COc1ccc(NC(=O)CSc2ncc(S(=O)(=O)c3ccccc3)c(N)n2)cc1Cl. The van der Waals surface area contributed by atoms with Crippen LogP contribution in [0.1, 0.15) is 0 Å². The van der Waals surface area contributed by atoms with Gasteiger partial charge in [0, 0.05) is 5.69 Å². The zero-order valence-electron chi connectivity index (χ0n) is 15.7. The summed E-state index contributed by atoms with van der Waals surface area (Å²) in [5, 5.41) is 3.25. The second-order valence-electron chi connectivity index (χ2n) is 5.90. The van der Waals surface area contributed by atoms with Crippen molar-refractivity contribution in [2.24, 2.45) is 0 Å². The molecule has 0 radical (unpaired) electrons. The highest BCUT2D eigenvalue weighted by atomic mass is 35.5. The van der Waals surface area contributed by atoms with Crippen LogP contribution < -0.4 is 15.8 Å². The topological polar surface area (TPSA) is 124 Å². The number of nitrogen functional groups attached to an aromatic ring is 1. The molecule has 1 aromatic heterocycles. The van der Waals surface area contributed by atoms with Gasteiger partial charge in [0.1, 0.15) is 16.5 Å². The van der Waals surface area contributed by atoms with E-state index in [1.165, 1.54) is 19.2 Å². The molecule has 156 valence electrons. The number of carbonyl (C=O) groups excluding carboxylic acids is 1. The molecular weight excluding hydrogens is 448 g/mol. The summed E-state index contributed by atoms with van der Waals surface area (Å²) < 4.78 is 30.4. The molecule has 11 heteroatoms. The molecular formula is C19H17ClN4O4S2. The Balaban J connectivity index is 1.66. The fourth-order valence-electron chi connectivity index (χ4n) is 2.44. The van der Waals surface area contributed by atoms with E-state index in [4.69, 9.17) is 22.1 Å². The van der Waals surface area contributed by atoms with Crippen LogP contribution in [0.3, 0.4) is 0 Å². The van der Waals surface area contributed by atoms with Gasteiger partial charge in [0.15, 0.2) is 5.16 Å². The lowest BCUT2D eigenvalue weighted by Gasteiger charge is -2.09. The number of methoxy groups -OCH3 is 1. The maximum atomic E-state index is 12.7. The normalized spacial score (nSPS) is 11.1. The number of carbonyl (C=O) groups is 1. The van der Waals surface area contributed by atoms with Gasteiger partial charge in [-0.05, 0) is 30.3 Å². The number of thioether (sulfide) groups is 1. The van der Waals surface area contributed by atoms with E-state index in [0.717, 1.165) is 18.0 Å². The lowest BCUT2D eigenvalue weighted by atomic mass is 10.3. The molecule has 0 aliphatic carbocycles. The third-order valence-corrected chi connectivity index (χ3v) is 6.81. The Bertz CT molecular complexity index is 1170. The summed E-state index contributed by atoms with van der Waals surface area (Å²) in [6.07, 6.45) is 1.15. The lowest BCUT2D eigenvalue weighted by Crippen LogP contribution is -2.14. The third kappa shape index (κ3) is 5.02. The van der Waals surface area contributed by atoms with Gasteiger partial charge in [-0.15, -0.1) is 0 Å². The molecule has 0 fully saturated rings. The van der Waals surface area contributed by atoms with Gasteiger partial charge in [-0.1, -0.05) is 41.6 Å². The van der Waals surface area contributed by atoms with Gasteiger partial charge in [0.2, 0.25) is 15.7 Å². The minimum atomic E-state index is -3.83. The number of nitrogens with one attached hydrogen (secondary N) is 1. The molecule has 0 aliphatic rings. The number of nitrogens with zero attached hydrogens (tertiary/aromatic N) is 2. The molecule has 30 heavy (non-hydrogen) atoms. The highest BCUT2D eigenvalue weighted by Gasteiger charge is 2.22. The first-order valence-corrected chi connectivity index (χ1v) is 11.3. The van der Waals surface area contributed by atoms with E-state index in [0.29, 0.717) is 16.5 Å². The molecule has 2 aromatic carbocycles. The van der Waals surface area contributed by atoms with Crippen molar-refractivity contribution < 1.29 is 17.9 Å². The van der Waals surface area contributed by atoms with Crippen molar-refractivity contribution in [3.8, 4) is 5.75 Å². The van der Waals surface area contributed by atoms with Crippen LogP contribution in [0.25, 0.3) is 0 Å². The van der Waals surface area contributed by atoms with Crippen LogP contribution in [0, 0.1) is 0 Å². The standard InChI is InChI=1S/C19H17ClN4O4S2/c1-28-15-8-7-12(9-14(15)20)23-17(25)11-29-19-22-10-16(18(21)24-19)30(26,27)13-5-3-2-4-6-13/h2-10H,11H2,1H3,(H,23,25)(H2,21,22,24). The monoisotopic (exact) mass is 464 g/mol. The van der Waals surface area contributed by atoms with Gasteiger partial charge >= 0.3 is 0 Å². The Morgan fingerprint density at radius 3 is 2.60 bits per heavy atom. The molecule has 8 nitrogen and oxygen atoms in total. The van der Waals surface area contributed by atoms with E-state index >= 15 is 0 Å². The number of halogens is 1. The third-order valence-electron chi connectivity index (χ3n) is 3.87. The summed E-state index contributed by atoms with van der Waals surface area (Å²) in [5.41, 5.74) is 6.36. The van der Waals surface area contributed by atoms with Crippen molar-refractivity contribution in [3.63, 3.8) is 0 Å². The van der Waals surface area contributed by atoms with Crippen LogP contribution in [0.2, 0.25) is 5.02 Å². The summed E-state index contributed by atoms with van der Waals surface area (Å²) in [7, 11) is -2.33. The molecule has 3 N–H and O–H groups in total. The van der Waals surface area contributed by atoms with Crippen LogP contribution in [-0.4, -0.2) is 37.2 Å². The van der Waals surface area contributed by atoms with Crippen molar-refractivity contribution in [2.75, 3.05) is 23.9 Å². The highest BCUT2D eigenvalue weighted by Crippen LogP contribution is 2.28. The average molecular weight is 465 g/mol. The average Bonchev–Trinajstić information content (AvgIpc) is 2.73. The van der Waals surface area contributed by atoms with Crippen LogP contribution in [0.15, 0.2) is 69.7 Å². The first kappa shape index (κ1) is 21.9. The van der Waals surface area contributed by atoms with E-state index in [1.807, 2.05) is 0 Å². The molecule has 1 heterocycles. The summed E-state index contributed by atoms with van der Waals surface area (Å²) >= 11 is 7.06. The number of hydrogen-bond donors (Lipinski definition) is 2. The molecule has 3 aromatic rings. The quantitative estimate of drug-likeness (QED) is 0.403. The van der Waals surface area contributed by atoms with Gasteiger partial charge in [0.05, 0.1) is 29.0 Å². The number of rotatable bonds is 7. The highest BCUT2D eigenvalue weighted by molar-refractivity contribution is 7.99. The molecule has 0 unspecified atom stereocenters. The Kier molecular flexibility index (Phi) is 6.80. The smallest absolute Gasteiger partial charge is 0.234 e. The zero-order chi connectivity index (χ0) is 21.7. The second kappa shape index (κ2) is 9.33. The van der Waals surface area contributed by atoms with Crippen LogP contribution in [0.5, 0.6) is 5.75 Å². The van der Waals surface area contributed by atoms with Crippen molar-refractivity contribution in [1.82, 2.24) is 9.97 Å². The maximum Gasteiger partial charge on any atom is 0.234 e. The van der Waals surface area contributed by atoms with Crippen LogP contribution in [-0.2, 0) is 14.6 Å². The number of benzene rings is 2. The van der Waals surface area contributed by atoms with Gasteiger partial charge in [-0.25, -0.2) is 18.4 Å². The summed E-state index contributed by atoms with van der Waals surface area (Å²) in [4.78, 5) is 20.1. The van der Waals surface area contributed by atoms with Crippen molar-refractivity contribution in [3.05, 3.63) is 59.8 Å². The van der Waals surface area contributed by atoms with Gasteiger partial charge < -0.3 is 15.8 Å². The summed E-state index contributed by atoms with van der Waals surface area (Å²) in [6, 6.07) is 12.7. The van der Waals surface area contributed by atoms with Crippen molar-refractivity contribution >= 4 is 50.6 Å². The number of amides is 1. The molecule has 3 rings (SSSR count). The number of anilines is 2. The molecule has 0 saturated carbocycles. The van der Waals surface area contributed by atoms with Crippen LogP contribution in [0.4, 0.5) is 11.5 Å². The first-order chi connectivity index (χ1) is 14.3. The molecule has 0 bridgehead atoms. The molecule has 0 aliphatic heterocycles. The number of aromatic nitrogens is 2. The number of nitrogens with two attached hydrogens (primary N) is 1. The Morgan fingerprint density at radius 1 is 1.23 bits per heavy atom. The largest absolute Gasteiger partial charge is 0.495 e. The molecule has 0 atom stereocenters. The van der Waals surface area contributed by atoms with Crippen molar-refractivity contribution in [1.29, 1.82) is 0 Å². The van der Waals surface area contributed by atoms with E-state index in [1.54, 1.807) is 36.4 Å². The van der Waals surface area contributed by atoms with E-state index < -0.39 is 9.84 Å². The summed E-state index contributed by atoms with van der Waals surface area (Å²) in [5.74, 6) is -0.00465. The lowest BCUT2D eigenvalue weighted by molar-refractivity contribution is -0.113. The first-order valence-electron chi connectivity index (χ1n) is 8.50. The summed E-state index contributed by atoms with van der Waals surface area (Å²) in [6.45, 7) is 0. The fraction of sp³-hybridized carbons (Fsp3) is 0.105. The van der Waals surface area contributed by atoms with Crippen LogP contribution >= 0.6 is 23.4 Å². The van der Waals surface area contributed by atoms with Crippen molar-refractivity contribution in [2.45, 2.75) is 14.9 Å². The van der Waals surface area contributed by atoms with Gasteiger partial charge in [0.25, 0.3) is 0 Å². The molecule has 1 amide bonds. The van der Waals surface area contributed by atoms with Gasteiger partial charge in [-0.2, -0.15) is 0 Å². The van der Waals surface area contributed by atoms with E-state index in [2.05, 4.69) is 15.3 Å². The molecule has 0 saturated heterocycles. The number of ether oxygens (including phenoxy) is 1. The molecule has 0 spiro atoms. The predicted octanol–water partition coefficient (Wildman–Crippen LogP) is 3.28.